The minimum Gasteiger partial charge on any atom is -0.394 e. The molecule has 0 aliphatic heterocycles. The Hall–Kier alpha value is -0.845. The van der Waals surface area contributed by atoms with Gasteiger partial charge >= 0.3 is 0 Å². The van der Waals surface area contributed by atoms with Crippen LogP contribution < -0.4 is 16.0 Å². The van der Waals surface area contributed by atoms with Crippen LogP contribution >= 0.6 is 31.9 Å². The third-order valence-corrected chi connectivity index (χ3v) is 6.77. The van der Waals surface area contributed by atoms with Crippen molar-refractivity contribution in [3.63, 3.8) is 0 Å². The number of aliphatic hydroxyl groups excluding tert-OH is 2. The fraction of sp³-hybridized carbons (Fsp3) is 0.893. The molecule has 0 aromatic heterocycles. The molecule has 0 bridgehead atoms. The monoisotopic (exact) mass is 761 g/mol. The summed E-state index contributed by atoms with van der Waals surface area (Å²) < 4.78 is 25.9. The van der Waals surface area contributed by atoms with Crippen LogP contribution in [0.4, 0.5) is 0 Å². The summed E-state index contributed by atoms with van der Waals surface area (Å²) in [5, 5.41) is 26.1. The summed E-state index contributed by atoms with van der Waals surface area (Å²) in [5.41, 5.74) is -0.852. The molecule has 0 fully saturated rings. The Labute approximate surface area is 280 Å². The van der Waals surface area contributed by atoms with E-state index in [2.05, 4.69) is 47.8 Å². The van der Waals surface area contributed by atoms with Crippen LogP contribution in [0.1, 0.15) is 41.5 Å². The van der Waals surface area contributed by atoms with Crippen LogP contribution in [0.25, 0.3) is 0 Å². The van der Waals surface area contributed by atoms with Gasteiger partial charge in [-0.2, -0.15) is 0 Å². The number of aliphatic hydroxyl groups is 2. The first kappa shape index (κ1) is 43.2. The third kappa shape index (κ3) is 21.0. The minimum absolute atomic E-state index is 0.0598. The highest BCUT2D eigenvalue weighted by molar-refractivity contribution is 9.10. The second-order valence-corrected chi connectivity index (χ2v) is 16.5. The molecule has 3 amide bonds. The van der Waals surface area contributed by atoms with Crippen molar-refractivity contribution in [1.82, 2.24) is 16.0 Å². The standard InChI is InChI=1S/C28H54BBr2N3O10/c1-25(2,29)22(37)32-17-28(18-33-23(38)26(3,4)30,19-34-24(39)27(5,6)31)20-44-14-12-42-10-8-40-7-9-41-11-13-43-16-21(36)15-35/h21,35-36H,7-20,29H2,1-6H3,(H,32,37)(H,33,38)(H,34,39). The number of rotatable bonds is 26. The Morgan fingerprint density at radius 2 is 1.00 bits per heavy atom. The molecule has 0 aromatic carbocycles. The second kappa shape index (κ2) is 21.9. The normalized spacial score (nSPS) is 13.4. The summed E-state index contributed by atoms with van der Waals surface area (Å²) >= 11 is 6.75. The predicted molar refractivity (Wildman–Crippen MR) is 177 cm³/mol. The van der Waals surface area contributed by atoms with Gasteiger partial charge in [0.05, 0.1) is 81.3 Å². The number of carbonyl (C=O) groups is 3. The SMILES string of the molecule is BC(C)(C)C(=O)NCC(CNC(=O)C(C)(C)Br)(CNC(=O)C(C)(C)Br)COCCOCCOCCOCCOCC(O)CO. The quantitative estimate of drug-likeness (QED) is 0.0457. The maximum atomic E-state index is 12.7. The fourth-order valence-electron chi connectivity index (χ4n) is 3.17. The first-order valence-corrected chi connectivity index (χ1v) is 16.3. The van der Waals surface area contributed by atoms with E-state index in [0.717, 1.165) is 0 Å². The molecule has 13 nitrogen and oxygen atoms in total. The Morgan fingerprint density at radius 3 is 1.34 bits per heavy atom. The van der Waals surface area contributed by atoms with Crippen LogP contribution in [0.5, 0.6) is 0 Å². The zero-order chi connectivity index (χ0) is 33.9. The Morgan fingerprint density at radius 1 is 0.659 bits per heavy atom. The van der Waals surface area contributed by atoms with Crippen molar-refractivity contribution in [3.8, 4) is 0 Å². The molecule has 0 rings (SSSR count). The van der Waals surface area contributed by atoms with Gasteiger partial charge in [0.2, 0.25) is 17.7 Å². The lowest BCUT2D eigenvalue weighted by atomic mass is 9.71. The number of halogens is 2. The van der Waals surface area contributed by atoms with Gasteiger partial charge in [0.1, 0.15) is 14.0 Å². The number of hydrogen-bond donors (Lipinski definition) is 5. The van der Waals surface area contributed by atoms with E-state index in [0.29, 0.717) is 46.2 Å². The Kier molecular flexibility index (Phi) is 21.4. The first-order valence-electron chi connectivity index (χ1n) is 14.7. The van der Waals surface area contributed by atoms with Crippen molar-refractivity contribution < 1.29 is 48.3 Å². The largest absolute Gasteiger partial charge is 0.394 e. The molecular formula is C28H54BBr2N3O10. The summed E-state index contributed by atoms with van der Waals surface area (Å²) in [5.74, 6) is -0.645. The molecule has 0 heterocycles. The topological polar surface area (TPSA) is 174 Å². The molecule has 258 valence electrons. The number of nitrogens with one attached hydrogen (secondary N) is 3. The number of hydrogen-bond acceptors (Lipinski definition) is 10. The maximum absolute atomic E-state index is 12.7. The van der Waals surface area contributed by atoms with Crippen LogP contribution in [-0.4, -0.2) is 143 Å². The van der Waals surface area contributed by atoms with Gasteiger partial charge in [0.25, 0.3) is 0 Å². The van der Waals surface area contributed by atoms with Gasteiger partial charge in [-0.25, -0.2) is 0 Å². The number of ether oxygens (including phenoxy) is 5. The van der Waals surface area contributed by atoms with Crippen LogP contribution in [0.3, 0.4) is 0 Å². The summed E-state index contributed by atoms with van der Waals surface area (Å²) in [7, 11) is 1.81. The lowest BCUT2D eigenvalue weighted by Gasteiger charge is -2.36. The van der Waals surface area contributed by atoms with Gasteiger partial charge in [0.15, 0.2) is 0 Å². The van der Waals surface area contributed by atoms with Crippen molar-refractivity contribution >= 4 is 57.4 Å². The second-order valence-electron chi connectivity index (χ2n) is 12.5. The highest BCUT2D eigenvalue weighted by Gasteiger charge is 2.37. The zero-order valence-corrected chi connectivity index (χ0v) is 30.6. The molecular weight excluding hydrogens is 709 g/mol. The molecule has 0 spiro atoms. The van der Waals surface area contributed by atoms with Crippen LogP contribution in [0.2, 0.25) is 5.31 Å². The molecule has 16 heteroatoms. The molecule has 0 radical (unpaired) electrons. The third-order valence-electron chi connectivity index (χ3n) is 6.05. The van der Waals surface area contributed by atoms with Crippen molar-refractivity contribution in [2.45, 2.75) is 61.6 Å². The van der Waals surface area contributed by atoms with E-state index in [1.54, 1.807) is 27.7 Å². The van der Waals surface area contributed by atoms with E-state index < -0.39 is 25.5 Å². The van der Waals surface area contributed by atoms with E-state index in [4.69, 9.17) is 28.8 Å². The molecule has 1 atom stereocenters. The van der Waals surface area contributed by atoms with Crippen LogP contribution in [-0.2, 0) is 38.1 Å². The molecule has 0 aliphatic rings. The number of alkyl halides is 2. The average molecular weight is 763 g/mol. The minimum atomic E-state index is -0.883. The van der Waals surface area contributed by atoms with Gasteiger partial charge in [-0.3, -0.25) is 14.4 Å². The molecule has 1 unspecified atom stereocenters. The zero-order valence-electron chi connectivity index (χ0n) is 27.4. The van der Waals surface area contributed by atoms with E-state index in [1.165, 1.54) is 0 Å². The van der Waals surface area contributed by atoms with Crippen molar-refractivity contribution in [1.29, 1.82) is 0 Å². The molecule has 0 saturated heterocycles. The maximum Gasteiger partial charge on any atom is 0.236 e. The van der Waals surface area contributed by atoms with Gasteiger partial charge in [-0.05, 0) is 27.7 Å². The summed E-state index contributed by atoms with van der Waals surface area (Å²) in [4.78, 5) is 38.1. The smallest absolute Gasteiger partial charge is 0.236 e. The molecule has 44 heavy (non-hydrogen) atoms. The van der Waals surface area contributed by atoms with Crippen LogP contribution in [0.15, 0.2) is 0 Å². The van der Waals surface area contributed by atoms with Gasteiger partial charge in [-0.15, -0.1) is 0 Å². The molecule has 5 N–H and O–H groups in total. The lowest BCUT2D eigenvalue weighted by Crippen LogP contribution is -2.57. The van der Waals surface area contributed by atoms with Crippen LogP contribution in [0, 0.1) is 5.41 Å². The molecule has 0 aliphatic carbocycles. The fourth-order valence-corrected chi connectivity index (χ4v) is 3.45. The summed E-state index contributed by atoms with van der Waals surface area (Å²) in [6, 6.07) is 0. The molecule has 0 aromatic rings. The average Bonchev–Trinajstić information content (AvgIpc) is 2.93. The van der Waals surface area contributed by atoms with E-state index in [-0.39, 0.29) is 63.8 Å². The number of carbonyl (C=O) groups excluding carboxylic acids is 3. The van der Waals surface area contributed by atoms with Gasteiger partial charge in [-0.1, -0.05) is 45.7 Å². The van der Waals surface area contributed by atoms with Gasteiger partial charge in [0, 0.05) is 30.4 Å². The van der Waals surface area contributed by atoms with E-state index in [1.807, 2.05) is 21.7 Å². The van der Waals surface area contributed by atoms with Crippen molar-refractivity contribution in [3.05, 3.63) is 0 Å². The summed E-state index contributed by atoms with van der Waals surface area (Å²) in [6.07, 6.45) is -0.883. The van der Waals surface area contributed by atoms with E-state index >= 15 is 0 Å². The van der Waals surface area contributed by atoms with E-state index in [9.17, 15) is 19.5 Å². The van der Waals surface area contributed by atoms with Crippen molar-refractivity contribution in [2.24, 2.45) is 5.41 Å². The Balaban J connectivity index is 4.86. The highest BCUT2D eigenvalue weighted by atomic mass is 79.9. The molecule has 0 saturated carbocycles. The summed E-state index contributed by atoms with van der Waals surface area (Å²) in [6.45, 7) is 13.5. The Bertz CT molecular complexity index is 762. The predicted octanol–water partition coefficient (Wildman–Crippen LogP) is -0.0638. The van der Waals surface area contributed by atoms with Crippen molar-refractivity contribution in [2.75, 3.05) is 92.3 Å². The number of amides is 3. The highest BCUT2D eigenvalue weighted by Crippen LogP contribution is 2.23. The first-order chi connectivity index (χ1) is 20.3. The lowest BCUT2D eigenvalue weighted by molar-refractivity contribution is -0.124. The van der Waals surface area contributed by atoms with Gasteiger partial charge < -0.3 is 49.8 Å².